The predicted molar refractivity (Wildman–Crippen MR) is 107 cm³/mol. The number of anilines is 2. The number of hydrogen-bond donors (Lipinski definition) is 2. The Morgan fingerprint density at radius 1 is 0.821 bits per heavy atom. The van der Waals surface area contributed by atoms with Crippen LogP contribution in [0.1, 0.15) is 6.42 Å². The summed E-state index contributed by atoms with van der Waals surface area (Å²) in [6.45, 7) is 0.420. The monoisotopic (exact) mass is 390 g/mol. The number of amides is 1. The fraction of sp³-hybridized carbons (Fsp3) is 0.350. The van der Waals surface area contributed by atoms with Crippen molar-refractivity contribution in [2.75, 3.05) is 52.7 Å². The number of hydrogen-bond acceptors (Lipinski definition) is 7. The Morgan fingerprint density at radius 2 is 1.46 bits per heavy atom. The van der Waals surface area contributed by atoms with Gasteiger partial charge in [0.2, 0.25) is 11.7 Å². The Hall–Kier alpha value is -3.29. The summed E-state index contributed by atoms with van der Waals surface area (Å²) in [5.41, 5.74) is 1.34. The number of methoxy groups -OCH3 is 5. The molecule has 0 fully saturated rings. The van der Waals surface area contributed by atoms with E-state index < -0.39 is 0 Å². The summed E-state index contributed by atoms with van der Waals surface area (Å²) in [6, 6.07) is 8.77. The lowest BCUT2D eigenvalue weighted by atomic mass is 10.2. The summed E-state index contributed by atoms with van der Waals surface area (Å²) in [4.78, 5) is 12.3. The van der Waals surface area contributed by atoms with Crippen LogP contribution in [0.15, 0.2) is 30.3 Å². The minimum absolute atomic E-state index is 0.150. The lowest BCUT2D eigenvalue weighted by Gasteiger charge is -2.15. The van der Waals surface area contributed by atoms with Crippen molar-refractivity contribution < 1.29 is 28.5 Å². The van der Waals surface area contributed by atoms with Gasteiger partial charge >= 0.3 is 0 Å². The molecule has 0 saturated heterocycles. The van der Waals surface area contributed by atoms with Gasteiger partial charge in [-0.2, -0.15) is 0 Å². The second-order valence-electron chi connectivity index (χ2n) is 5.71. The van der Waals surface area contributed by atoms with E-state index in [1.165, 1.54) is 7.11 Å². The number of rotatable bonds is 10. The highest BCUT2D eigenvalue weighted by Crippen LogP contribution is 2.39. The Kier molecular flexibility index (Phi) is 7.62. The molecule has 1 amide bonds. The molecule has 2 aromatic carbocycles. The first-order valence-electron chi connectivity index (χ1n) is 8.62. The maximum Gasteiger partial charge on any atom is 0.226 e. The number of carbonyl (C=O) groups excluding carboxylic acids is 1. The Labute approximate surface area is 164 Å². The van der Waals surface area contributed by atoms with Crippen LogP contribution < -0.4 is 34.3 Å². The molecule has 28 heavy (non-hydrogen) atoms. The average molecular weight is 390 g/mol. The van der Waals surface area contributed by atoms with Gasteiger partial charge in [0.1, 0.15) is 11.5 Å². The molecule has 0 aromatic heterocycles. The standard InChI is InChI=1S/C20H26N2O6/c1-24-14-6-7-15(16(12-14)25-2)22-19(23)8-9-21-13-10-17(26-3)20(28-5)18(11-13)27-4/h6-7,10-12,21H,8-9H2,1-5H3,(H,22,23). The summed E-state index contributed by atoms with van der Waals surface area (Å²) in [5, 5.41) is 6.01. The van der Waals surface area contributed by atoms with Gasteiger partial charge in [0.25, 0.3) is 0 Å². The van der Waals surface area contributed by atoms with Crippen molar-refractivity contribution >= 4 is 17.3 Å². The van der Waals surface area contributed by atoms with Crippen LogP contribution in [-0.2, 0) is 4.79 Å². The highest BCUT2D eigenvalue weighted by molar-refractivity contribution is 5.92. The molecule has 0 aliphatic rings. The molecule has 0 atom stereocenters. The lowest BCUT2D eigenvalue weighted by molar-refractivity contribution is -0.116. The smallest absolute Gasteiger partial charge is 0.226 e. The second-order valence-corrected chi connectivity index (χ2v) is 5.71. The molecule has 2 aromatic rings. The van der Waals surface area contributed by atoms with Crippen LogP contribution in [0.3, 0.4) is 0 Å². The molecule has 2 rings (SSSR count). The van der Waals surface area contributed by atoms with Gasteiger partial charge in [0, 0.05) is 36.9 Å². The minimum atomic E-state index is -0.150. The Bertz CT molecular complexity index is 784. The summed E-state index contributed by atoms with van der Waals surface area (Å²) >= 11 is 0. The van der Waals surface area contributed by atoms with E-state index in [4.69, 9.17) is 23.7 Å². The van der Waals surface area contributed by atoms with Crippen LogP contribution in [0.5, 0.6) is 28.7 Å². The molecule has 0 aliphatic carbocycles. The van der Waals surface area contributed by atoms with Gasteiger partial charge in [-0.15, -0.1) is 0 Å². The quantitative estimate of drug-likeness (QED) is 0.644. The van der Waals surface area contributed by atoms with Crippen molar-refractivity contribution in [3.63, 3.8) is 0 Å². The highest BCUT2D eigenvalue weighted by atomic mass is 16.5. The third-order valence-electron chi connectivity index (χ3n) is 4.03. The normalized spacial score (nSPS) is 10.0. The molecule has 0 spiro atoms. The summed E-state index contributed by atoms with van der Waals surface area (Å²) < 4.78 is 26.4. The molecule has 0 aliphatic heterocycles. The first-order valence-corrected chi connectivity index (χ1v) is 8.62. The molecular formula is C20H26N2O6. The molecule has 0 heterocycles. The minimum Gasteiger partial charge on any atom is -0.497 e. The average Bonchev–Trinajstić information content (AvgIpc) is 2.73. The van der Waals surface area contributed by atoms with Crippen molar-refractivity contribution in [3.8, 4) is 28.7 Å². The maximum atomic E-state index is 12.3. The van der Waals surface area contributed by atoms with E-state index in [-0.39, 0.29) is 12.3 Å². The zero-order valence-corrected chi connectivity index (χ0v) is 16.8. The third kappa shape index (κ3) is 5.12. The van der Waals surface area contributed by atoms with E-state index in [1.807, 2.05) is 0 Å². The maximum absolute atomic E-state index is 12.3. The van der Waals surface area contributed by atoms with Gasteiger partial charge in [-0.3, -0.25) is 4.79 Å². The topological polar surface area (TPSA) is 87.3 Å². The van der Waals surface area contributed by atoms with Gasteiger partial charge in [0.15, 0.2) is 11.5 Å². The first kappa shape index (κ1) is 21.0. The van der Waals surface area contributed by atoms with E-state index in [9.17, 15) is 4.79 Å². The van der Waals surface area contributed by atoms with Crippen LogP contribution in [0.25, 0.3) is 0 Å². The van der Waals surface area contributed by atoms with Gasteiger partial charge in [0.05, 0.1) is 41.2 Å². The molecule has 0 radical (unpaired) electrons. The van der Waals surface area contributed by atoms with Gasteiger partial charge in [-0.05, 0) is 12.1 Å². The van der Waals surface area contributed by atoms with Gasteiger partial charge < -0.3 is 34.3 Å². The van der Waals surface area contributed by atoms with Crippen molar-refractivity contribution in [1.29, 1.82) is 0 Å². The Morgan fingerprint density at radius 3 is 2.00 bits per heavy atom. The molecule has 0 bridgehead atoms. The molecule has 0 unspecified atom stereocenters. The number of carbonyl (C=O) groups is 1. The second kappa shape index (κ2) is 10.1. The van der Waals surface area contributed by atoms with E-state index in [0.29, 0.717) is 41.0 Å². The highest BCUT2D eigenvalue weighted by Gasteiger charge is 2.13. The molecule has 8 nitrogen and oxygen atoms in total. The first-order chi connectivity index (χ1) is 13.6. The Balaban J connectivity index is 1.97. The van der Waals surface area contributed by atoms with Gasteiger partial charge in [-0.1, -0.05) is 0 Å². The zero-order valence-electron chi connectivity index (χ0n) is 16.8. The third-order valence-corrected chi connectivity index (χ3v) is 4.03. The number of benzene rings is 2. The van der Waals surface area contributed by atoms with E-state index in [1.54, 1.807) is 58.8 Å². The molecule has 0 saturated carbocycles. The van der Waals surface area contributed by atoms with Crippen LogP contribution >= 0.6 is 0 Å². The predicted octanol–water partition coefficient (Wildman–Crippen LogP) is 3.17. The van der Waals surface area contributed by atoms with Crippen molar-refractivity contribution in [2.24, 2.45) is 0 Å². The van der Waals surface area contributed by atoms with Crippen LogP contribution in [-0.4, -0.2) is 48.0 Å². The molecular weight excluding hydrogens is 364 g/mol. The van der Waals surface area contributed by atoms with E-state index in [0.717, 1.165) is 5.69 Å². The zero-order chi connectivity index (χ0) is 20.5. The summed E-state index contributed by atoms with van der Waals surface area (Å²) in [5.74, 6) is 2.63. The number of ether oxygens (including phenoxy) is 5. The van der Waals surface area contributed by atoms with Crippen molar-refractivity contribution in [2.45, 2.75) is 6.42 Å². The lowest BCUT2D eigenvalue weighted by Crippen LogP contribution is -2.16. The summed E-state index contributed by atoms with van der Waals surface area (Å²) in [7, 11) is 7.76. The van der Waals surface area contributed by atoms with E-state index >= 15 is 0 Å². The largest absolute Gasteiger partial charge is 0.497 e. The fourth-order valence-corrected chi connectivity index (χ4v) is 2.62. The van der Waals surface area contributed by atoms with Gasteiger partial charge in [-0.25, -0.2) is 0 Å². The van der Waals surface area contributed by atoms with Crippen LogP contribution in [0.4, 0.5) is 11.4 Å². The summed E-state index contributed by atoms with van der Waals surface area (Å²) in [6.07, 6.45) is 0.256. The fourth-order valence-electron chi connectivity index (χ4n) is 2.62. The molecule has 8 heteroatoms. The van der Waals surface area contributed by atoms with Crippen molar-refractivity contribution in [3.05, 3.63) is 30.3 Å². The SMILES string of the molecule is COc1ccc(NC(=O)CCNc2cc(OC)c(OC)c(OC)c2)c(OC)c1. The van der Waals surface area contributed by atoms with Crippen LogP contribution in [0, 0.1) is 0 Å². The van der Waals surface area contributed by atoms with Crippen LogP contribution in [0.2, 0.25) is 0 Å². The van der Waals surface area contributed by atoms with Crippen molar-refractivity contribution in [1.82, 2.24) is 0 Å². The molecule has 2 N–H and O–H groups in total. The molecule has 152 valence electrons. The van der Waals surface area contributed by atoms with E-state index in [2.05, 4.69) is 10.6 Å². The number of nitrogens with one attached hydrogen (secondary N) is 2.